The molecule has 2 rings (SSSR count). The van der Waals surface area contributed by atoms with Crippen LogP contribution < -0.4 is 0 Å². The molecule has 0 amide bonds. The van der Waals surface area contributed by atoms with Crippen molar-refractivity contribution in [2.75, 3.05) is 0 Å². The highest BCUT2D eigenvalue weighted by Crippen LogP contribution is 2.40. The molecule has 0 N–H and O–H groups in total. The Bertz CT molecular complexity index is 586. The van der Waals surface area contributed by atoms with Crippen molar-refractivity contribution in [3.05, 3.63) is 70.9 Å². The van der Waals surface area contributed by atoms with E-state index in [0.29, 0.717) is 5.41 Å². The number of hydrogen-bond donors (Lipinski definition) is 0. The molecule has 0 saturated heterocycles. The number of hydrogen-bond acceptors (Lipinski definition) is 0. The van der Waals surface area contributed by atoms with Crippen molar-refractivity contribution < 1.29 is 0 Å². The molecule has 2 aliphatic rings. The Morgan fingerprint density at radius 2 is 2.00 bits per heavy atom. The quantitative estimate of drug-likeness (QED) is 0.497. The maximum absolute atomic E-state index is 3.77. The largest absolute Gasteiger partial charge is 0.0991 e. The van der Waals surface area contributed by atoms with Crippen LogP contribution in [0.15, 0.2) is 70.9 Å². The van der Waals surface area contributed by atoms with Crippen molar-refractivity contribution in [1.82, 2.24) is 0 Å². The first-order valence-electron chi connectivity index (χ1n) is 8.51. The first kappa shape index (κ1) is 16.8. The summed E-state index contributed by atoms with van der Waals surface area (Å²) in [5, 5.41) is 0. The van der Waals surface area contributed by atoms with Crippen molar-refractivity contribution >= 4 is 0 Å². The third kappa shape index (κ3) is 4.22. The van der Waals surface area contributed by atoms with Crippen LogP contribution >= 0.6 is 0 Å². The van der Waals surface area contributed by atoms with Gasteiger partial charge < -0.3 is 0 Å². The average Bonchev–Trinajstić information content (AvgIpc) is 2.85. The summed E-state index contributed by atoms with van der Waals surface area (Å²) in [6.07, 6.45) is 19.5. The highest BCUT2D eigenvalue weighted by molar-refractivity contribution is 5.42. The van der Waals surface area contributed by atoms with Gasteiger partial charge in [-0.15, -0.1) is 0 Å². The van der Waals surface area contributed by atoms with Gasteiger partial charge in [0.1, 0.15) is 0 Å². The number of rotatable bonds is 4. The van der Waals surface area contributed by atoms with Crippen molar-refractivity contribution in [1.29, 1.82) is 0 Å². The molecular formula is C22H30. The van der Waals surface area contributed by atoms with Gasteiger partial charge in [0, 0.05) is 0 Å². The fourth-order valence-corrected chi connectivity index (χ4v) is 3.63. The maximum atomic E-state index is 3.77. The Kier molecular flexibility index (Phi) is 5.45. The second-order valence-corrected chi connectivity index (χ2v) is 7.35. The summed E-state index contributed by atoms with van der Waals surface area (Å²) >= 11 is 0. The number of allylic oxidation sites excluding steroid dienone is 11. The van der Waals surface area contributed by atoms with Crippen LogP contribution in [-0.4, -0.2) is 0 Å². The lowest BCUT2D eigenvalue weighted by Gasteiger charge is -2.32. The summed E-state index contributed by atoms with van der Waals surface area (Å²) in [5.74, 6) is 0. The van der Waals surface area contributed by atoms with Gasteiger partial charge in [0.15, 0.2) is 0 Å². The van der Waals surface area contributed by atoms with Gasteiger partial charge in [-0.25, -0.2) is 0 Å². The molecule has 0 heterocycles. The summed E-state index contributed by atoms with van der Waals surface area (Å²) in [6.45, 7) is 13.0. The minimum absolute atomic E-state index is 0.325. The van der Waals surface area contributed by atoms with Crippen LogP contribution in [0.4, 0.5) is 0 Å². The lowest BCUT2D eigenvalue weighted by molar-refractivity contribution is 0.377. The van der Waals surface area contributed by atoms with Gasteiger partial charge in [0.05, 0.1) is 0 Å². The van der Waals surface area contributed by atoms with E-state index in [-0.39, 0.29) is 0 Å². The van der Waals surface area contributed by atoms with Gasteiger partial charge in [-0.3, -0.25) is 0 Å². The van der Waals surface area contributed by atoms with Crippen LogP contribution in [-0.2, 0) is 0 Å². The van der Waals surface area contributed by atoms with Gasteiger partial charge >= 0.3 is 0 Å². The molecule has 0 bridgehead atoms. The molecular weight excluding hydrogens is 264 g/mol. The summed E-state index contributed by atoms with van der Waals surface area (Å²) in [4.78, 5) is 0. The Morgan fingerprint density at radius 1 is 1.23 bits per heavy atom. The molecule has 0 aliphatic heterocycles. The fourth-order valence-electron chi connectivity index (χ4n) is 3.63. The molecule has 2 aliphatic carbocycles. The Morgan fingerprint density at radius 3 is 2.68 bits per heavy atom. The van der Waals surface area contributed by atoms with Gasteiger partial charge in [-0.2, -0.15) is 0 Å². The van der Waals surface area contributed by atoms with Crippen LogP contribution in [0.2, 0.25) is 0 Å². The monoisotopic (exact) mass is 294 g/mol. The zero-order chi connectivity index (χ0) is 16.2. The maximum Gasteiger partial charge on any atom is -0.0104 e. The highest BCUT2D eigenvalue weighted by Gasteiger charge is 2.26. The lowest BCUT2D eigenvalue weighted by atomic mass is 9.72. The molecule has 0 spiro atoms. The van der Waals surface area contributed by atoms with Crippen LogP contribution in [0.1, 0.15) is 59.8 Å². The summed E-state index contributed by atoms with van der Waals surface area (Å²) in [5.41, 5.74) is 7.60. The Labute approximate surface area is 136 Å². The van der Waals surface area contributed by atoms with E-state index in [1.807, 2.05) is 6.08 Å². The second kappa shape index (κ2) is 7.13. The van der Waals surface area contributed by atoms with Crippen LogP contribution in [0, 0.1) is 5.41 Å². The third-order valence-electron chi connectivity index (χ3n) is 4.87. The molecule has 0 nitrogen and oxygen atoms in total. The van der Waals surface area contributed by atoms with Crippen molar-refractivity contribution in [2.45, 2.75) is 59.8 Å². The highest BCUT2D eigenvalue weighted by atomic mass is 14.3. The molecule has 0 aromatic rings. The van der Waals surface area contributed by atoms with E-state index in [0.717, 1.165) is 12.8 Å². The minimum Gasteiger partial charge on any atom is -0.0991 e. The van der Waals surface area contributed by atoms with E-state index < -0.39 is 0 Å². The standard InChI is InChI=1S/C22H30/c1-6-8-19-11-12-20(16-19)15-17(2)10-13-21-18(3)9-7-14-22(21,4)5/h6,8,10,13,15-16H,1,7,9,11-12,14H2,2-5H3. The predicted octanol–water partition coefficient (Wildman–Crippen LogP) is 6.85. The first-order valence-corrected chi connectivity index (χ1v) is 8.51. The normalized spacial score (nSPS) is 24.3. The molecule has 0 aromatic carbocycles. The second-order valence-electron chi connectivity index (χ2n) is 7.35. The lowest BCUT2D eigenvalue weighted by Crippen LogP contribution is -2.19. The molecule has 0 saturated carbocycles. The first-order chi connectivity index (χ1) is 10.4. The molecule has 0 radical (unpaired) electrons. The predicted molar refractivity (Wildman–Crippen MR) is 98.8 cm³/mol. The topological polar surface area (TPSA) is 0 Å². The molecule has 22 heavy (non-hydrogen) atoms. The molecule has 0 aromatic heterocycles. The zero-order valence-corrected chi connectivity index (χ0v) is 14.7. The molecule has 0 unspecified atom stereocenters. The van der Waals surface area contributed by atoms with Crippen molar-refractivity contribution in [2.24, 2.45) is 5.41 Å². The molecule has 118 valence electrons. The molecule has 0 heteroatoms. The van der Waals surface area contributed by atoms with Crippen molar-refractivity contribution in [3.63, 3.8) is 0 Å². The fraction of sp³-hybridized carbons (Fsp3) is 0.455. The average molecular weight is 294 g/mol. The smallest absolute Gasteiger partial charge is 0.0104 e. The SMILES string of the molecule is C=CC=C1C=C(C=C(C)C=CC2=C(C)CCCC2(C)C)CC1. The zero-order valence-electron chi connectivity index (χ0n) is 14.7. The van der Waals surface area contributed by atoms with E-state index in [2.05, 4.69) is 64.7 Å². The van der Waals surface area contributed by atoms with Gasteiger partial charge in [-0.05, 0) is 68.1 Å². The summed E-state index contributed by atoms with van der Waals surface area (Å²) in [7, 11) is 0. The molecule has 0 atom stereocenters. The third-order valence-corrected chi connectivity index (χ3v) is 4.87. The van der Waals surface area contributed by atoms with Crippen molar-refractivity contribution in [3.8, 4) is 0 Å². The Balaban J connectivity index is 2.13. The van der Waals surface area contributed by atoms with E-state index in [1.54, 1.807) is 11.1 Å². The molecule has 0 fully saturated rings. The van der Waals surface area contributed by atoms with Crippen LogP contribution in [0.5, 0.6) is 0 Å². The van der Waals surface area contributed by atoms with Gasteiger partial charge in [0.25, 0.3) is 0 Å². The van der Waals surface area contributed by atoms with E-state index >= 15 is 0 Å². The van der Waals surface area contributed by atoms with Crippen LogP contribution in [0.25, 0.3) is 0 Å². The summed E-state index contributed by atoms with van der Waals surface area (Å²) < 4.78 is 0. The van der Waals surface area contributed by atoms with E-state index in [4.69, 9.17) is 0 Å². The van der Waals surface area contributed by atoms with Gasteiger partial charge in [0.2, 0.25) is 0 Å². The van der Waals surface area contributed by atoms with E-state index in [9.17, 15) is 0 Å². The summed E-state index contributed by atoms with van der Waals surface area (Å²) in [6, 6.07) is 0. The minimum atomic E-state index is 0.325. The Hall–Kier alpha value is -1.56. The van der Waals surface area contributed by atoms with E-state index in [1.165, 1.54) is 36.0 Å². The van der Waals surface area contributed by atoms with Crippen LogP contribution in [0.3, 0.4) is 0 Å². The van der Waals surface area contributed by atoms with Gasteiger partial charge in [-0.1, -0.05) is 68.0 Å².